The Morgan fingerprint density at radius 3 is 2.27 bits per heavy atom. The fourth-order valence-corrected chi connectivity index (χ4v) is 2.17. The van der Waals surface area contributed by atoms with E-state index in [1.54, 1.807) is 7.11 Å². The van der Waals surface area contributed by atoms with Gasteiger partial charge >= 0.3 is 29.6 Å². The van der Waals surface area contributed by atoms with Crippen LogP contribution in [0.5, 0.6) is 11.5 Å². The maximum absolute atomic E-state index is 9.92. The van der Waals surface area contributed by atoms with Crippen LogP contribution >= 0.6 is 0 Å². The first-order chi connectivity index (χ1) is 10.1. The zero-order valence-corrected chi connectivity index (χ0v) is 15.8. The number of hydrogen-bond donors (Lipinski definition) is 2. The van der Waals surface area contributed by atoms with Crippen molar-refractivity contribution in [2.24, 2.45) is 0 Å². The Labute approximate surface area is 155 Å². The predicted molar refractivity (Wildman–Crippen MR) is 86.3 cm³/mol. The molecule has 1 unspecified atom stereocenters. The maximum atomic E-state index is 9.92. The summed E-state index contributed by atoms with van der Waals surface area (Å²) in [7, 11) is 1.66. The van der Waals surface area contributed by atoms with E-state index < -0.39 is 6.10 Å². The minimum Gasteiger partial charge on any atom is -1.00 e. The van der Waals surface area contributed by atoms with Crippen LogP contribution in [0.4, 0.5) is 0 Å². The first kappa shape index (κ1) is 19.3. The van der Waals surface area contributed by atoms with E-state index in [1.807, 2.05) is 50.2 Å². The summed E-state index contributed by atoms with van der Waals surface area (Å²) in [5.74, 6) is 1.58. The van der Waals surface area contributed by atoms with E-state index in [2.05, 4.69) is 5.32 Å². The van der Waals surface area contributed by atoms with Crippen molar-refractivity contribution in [3.8, 4) is 11.5 Å². The van der Waals surface area contributed by atoms with E-state index >= 15 is 0 Å². The molecule has 0 aliphatic carbocycles. The molecule has 4 nitrogen and oxygen atoms in total. The standard InChI is InChI=1S/C17H23NO3.Na.H/c1-12(2)18-10-13(19)11-21-17-9-5-6-14-15(17)7-4-8-16(14)20-3;;/h4-9,12-13,18-19H,10-11H2,1-3H3;;/q;+1;-1. The molecule has 0 aliphatic heterocycles. The smallest absolute Gasteiger partial charge is 1.00 e. The van der Waals surface area contributed by atoms with Crippen molar-refractivity contribution in [2.45, 2.75) is 26.0 Å². The zero-order chi connectivity index (χ0) is 15.2. The Bertz CT molecular complexity index is 595. The molecular formula is C17H24NNaO3. The average molecular weight is 313 g/mol. The van der Waals surface area contributed by atoms with Crippen LogP contribution in [0.1, 0.15) is 15.3 Å². The molecule has 0 aromatic heterocycles. The van der Waals surface area contributed by atoms with Crippen LogP contribution in [0.15, 0.2) is 36.4 Å². The molecule has 2 N–H and O–H groups in total. The molecule has 2 rings (SSSR count). The first-order valence-corrected chi connectivity index (χ1v) is 7.21. The first-order valence-electron chi connectivity index (χ1n) is 7.21. The molecule has 0 radical (unpaired) electrons. The van der Waals surface area contributed by atoms with Gasteiger partial charge in [-0.1, -0.05) is 38.1 Å². The third kappa shape index (κ3) is 5.14. The van der Waals surface area contributed by atoms with Crippen molar-refractivity contribution < 1.29 is 45.6 Å². The largest absolute Gasteiger partial charge is 1.00 e. The monoisotopic (exact) mass is 313 g/mol. The second-order valence-electron chi connectivity index (χ2n) is 5.34. The Morgan fingerprint density at radius 1 is 1.09 bits per heavy atom. The van der Waals surface area contributed by atoms with Gasteiger partial charge in [0, 0.05) is 23.4 Å². The summed E-state index contributed by atoms with van der Waals surface area (Å²) in [5, 5.41) is 15.1. The maximum Gasteiger partial charge on any atom is 1.00 e. The summed E-state index contributed by atoms with van der Waals surface area (Å²) < 4.78 is 11.1. The van der Waals surface area contributed by atoms with Crippen molar-refractivity contribution in [3.63, 3.8) is 0 Å². The molecule has 2 aromatic rings. The summed E-state index contributed by atoms with van der Waals surface area (Å²) in [6, 6.07) is 12.0. The number of rotatable bonds is 7. The van der Waals surface area contributed by atoms with Crippen molar-refractivity contribution in [1.82, 2.24) is 5.32 Å². The molecule has 0 amide bonds. The summed E-state index contributed by atoms with van der Waals surface area (Å²) in [6.07, 6.45) is -0.534. The van der Waals surface area contributed by atoms with Crippen molar-refractivity contribution >= 4 is 10.8 Å². The van der Waals surface area contributed by atoms with Crippen LogP contribution in [-0.4, -0.2) is 37.5 Å². The molecule has 22 heavy (non-hydrogen) atoms. The summed E-state index contributed by atoms with van der Waals surface area (Å²) in [6.45, 7) is 4.87. The van der Waals surface area contributed by atoms with Gasteiger partial charge in [-0.25, -0.2) is 0 Å². The van der Waals surface area contributed by atoms with Crippen LogP contribution < -0.4 is 44.3 Å². The number of aliphatic hydroxyl groups excluding tert-OH is 1. The van der Waals surface area contributed by atoms with E-state index in [0.29, 0.717) is 12.6 Å². The number of methoxy groups -OCH3 is 1. The molecule has 5 heteroatoms. The molecule has 0 saturated heterocycles. The number of aliphatic hydroxyl groups is 1. The fraction of sp³-hybridized carbons (Fsp3) is 0.412. The quantitative estimate of drug-likeness (QED) is 0.690. The van der Waals surface area contributed by atoms with Crippen LogP contribution in [0, 0.1) is 0 Å². The molecule has 0 spiro atoms. The van der Waals surface area contributed by atoms with Crippen LogP contribution in [0.3, 0.4) is 0 Å². The van der Waals surface area contributed by atoms with Crippen molar-refractivity contribution in [1.29, 1.82) is 0 Å². The Balaban J connectivity index is 0.00000242. The van der Waals surface area contributed by atoms with Gasteiger partial charge in [-0.2, -0.15) is 0 Å². The molecule has 0 heterocycles. The predicted octanol–water partition coefficient (Wildman–Crippen LogP) is -0.297. The van der Waals surface area contributed by atoms with Gasteiger partial charge < -0.3 is 21.3 Å². The molecule has 116 valence electrons. The van der Waals surface area contributed by atoms with Gasteiger partial charge in [0.1, 0.15) is 24.2 Å². The van der Waals surface area contributed by atoms with Gasteiger partial charge in [-0.3, -0.25) is 0 Å². The fourth-order valence-electron chi connectivity index (χ4n) is 2.17. The molecule has 0 saturated carbocycles. The molecule has 0 fully saturated rings. The zero-order valence-electron chi connectivity index (χ0n) is 14.8. The number of ether oxygens (including phenoxy) is 2. The number of fused-ring (bicyclic) bond motifs is 1. The molecule has 0 bridgehead atoms. The van der Waals surface area contributed by atoms with Gasteiger partial charge in [-0.05, 0) is 12.1 Å². The third-order valence-corrected chi connectivity index (χ3v) is 3.25. The topological polar surface area (TPSA) is 50.7 Å². The normalized spacial score (nSPS) is 12.0. The van der Waals surface area contributed by atoms with Crippen molar-refractivity contribution in [2.75, 3.05) is 20.3 Å². The Morgan fingerprint density at radius 2 is 1.68 bits per heavy atom. The minimum absolute atomic E-state index is 0. The average Bonchev–Trinajstić information content (AvgIpc) is 2.50. The summed E-state index contributed by atoms with van der Waals surface area (Å²) in [4.78, 5) is 0. The van der Waals surface area contributed by atoms with Crippen LogP contribution in [0.2, 0.25) is 0 Å². The van der Waals surface area contributed by atoms with Crippen LogP contribution in [0.25, 0.3) is 10.8 Å². The second-order valence-corrected chi connectivity index (χ2v) is 5.34. The SMILES string of the molecule is COc1cccc2c(OCC(O)CNC(C)C)cccc12.[H-].[Na+]. The number of nitrogens with one attached hydrogen (secondary N) is 1. The van der Waals surface area contributed by atoms with E-state index in [-0.39, 0.29) is 37.6 Å². The van der Waals surface area contributed by atoms with Crippen LogP contribution in [-0.2, 0) is 0 Å². The van der Waals surface area contributed by atoms with E-state index in [9.17, 15) is 5.11 Å². The Kier molecular flexibility index (Phi) is 8.21. The van der Waals surface area contributed by atoms with E-state index in [0.717, 1.165) is 22.3 Å². The van der Waals surface area contributed by atoms with Gasteiger partial charge in [0.2, 0.25) is 0 Å². The summed E-state index contributed by atoms with van der Waals surface area (Å²) in [5.41, 5.74) is 0. The van der Waals surface area contributed by atoms with Gasteiger partial charge in [0.05, 0.1) is 7.11 Å². The molecule has 1 atom stereocenters. The number of benzene rings is 2. The molecular weight excluding hydrogens is 289 g/mol. The molecule has 0 aliphatic rings. The van der Waals surface area contributed by atoms with Gasteiger partial charge in [0.25, 0.3) is 0 Å². The third-order valence-electron chi connectivity index (χ3n) is 3.25. The molecule has 2 aromatic carbocycles. The second kappa shape index (κ2) is 9.38. The van der Waals surface area contributed by atoms with Crippen molar-refractivity contribution in [3.05, 3.63) is 36.4 Å². The Hall–Kier alpha value is -0.780. The number of hydrogen-bond acceptors (Lipinski definition) is 4. The summed E-state index contributed by atoms with van der Waals surface area (Å²) >= 11 is 0. The van der Waals surface area contributed by atoms with E-state index in [1.165, 1.54) is 0 Å². The minimum atomic E-state index is -0.534. The van der Waals surface area contributed by atoms with Gasteiger partial charge in [0.15, 0.2) is 0 Å². The van der Waals surface area contributed by atoms with E-state index in [4.69, 9.17) is 9.47 Å². The van der Waals surface area contributed by atoms with Gasteiger partial charge in [-0.15, -0.1) is 0 Å².